The number of piperazine rings is 1. The van der Waals surface area contributed by atoms with Gasteiger partial charge in [0.15, 0.2) is 0 Å². The Labute approximate surface area is 164 Å². The highest BCUT2D eigenvalue weighted by molar-refractivity contribution is 5.87. The highest BCUT2D eigenvalue weighted by atomic mass is 19.1. The Bertz CT molecular complexity index is 908. The minimum absolute atomic E-state index is 0.0121. The van der Waals surface area contributed by atoms with E-state index in [1.54, 1.807) is 18.3 Å². The third kappa shape index (κ3) is 3.88. The maximum atomic E-state index is 13.4. The van der Waals surface area contributed by atoms with E-state index in [4.69, 9.17) is 0 Å². The van der Waals surface area contributed by atoms with Gasteiger partial charge in [0, 0.05) is 38.1 Å². The molecule has 0 aliphatic carbocycles. The summed E-state index contributed by atoms with van der Waals surface area (Å²) in [5.74, 6) is -0.824. The SMILES string of the molecule is O=C(C(c1ccc(F)cc1)c1ccccn1)N1CCN(c2ccccc2)CC1. The van der Waals surface area contributed by atoms with Crippen molar-refractivity contribution in [3.05, 3.63) is 96.1 Å². The molecule has 2 heterocycles. The zero-order valence-corrected chi connectivity index (χ0v) is 15.5. The fourth-order valence-corrected chi connectivity index (χ4v) is 3.65. The van der Waals surface area contributed by atoms with Crippen LogP contribution in [-0.2, 0) is 4.79 Å². The van der Waals surface area contributed by atoms with Crippen LogP contribution in [0.15, 0.2) is 79.0 Å². The van der Waals surface area contributed by atoms with Gasteiger partial charge in [0.2, 0.25) is 5.91 Å². The number of aromatic nitrogens is 1. The highest BCUT2D eigenvalue weighted by Gasteiger charge is 2.30. The highest BCUT2D eigenvalue weighted by Crippen LogP contribution is 2.27. The first-order chi connectivity index (χ1) is 13.7. The normalized spacial score (nSPS) is 15.3. The molecule has 142 valence electrons. The van der Waals surface area contributed by atoms with Gasteiger partial charge in [-0.05, 0) is 42.0 Å². The van der Waals surface area contributed by atoms with Gasteiger partial charge in [0.25, 0.3) is 0 Å². The number of carbonyl (C=O) groups excluding carboxylic acids is 1. The molecular weight excluding hydrogens is 353 g/mol. The number of benzene rings is 2. The zero-order chi connectivity index (χ0) is 19.3. The van der Waals surface area contributed by atoms with E-state index in [0.29, 0.717) is 18.8 Å². The molecule has 2 aromatic carbocycles. The number of anilines is 1. The van der Waals surface area contributed by atoms with Gasteiger partial charge in [0.05, 0.1) is 5.69 Å². The van der Waals surface area contributed by atoms with Crippen molar-refractivity contribution in [3.63, 3.8) is 0 Å². The second-order valence-corrected chi connectivity index (χ2v) is 6.89. The summed E-state index contributed by atoms with van der Waals surface area (Å²) in [4.78, 5) is 22.0. The summed E-state index contributed by atoms with van der Waals surface area (Å²) in [5.41, 5.74) is 2.62. The second-order valence-electron chi connectivity index (χ2n) is 6.89. The molecule has 28 heavy (non-hydrogen) atoms. The number of para-hydroxylation sites is 1. The van der Waals surface area contributed by atoms with Gasteiger partial charge in [-0.25, -0.2) is 4.39 Å². The number of rotatable bonds is 4. The number of pyridine rings is 1. The molecule has 1 aromatic heterocycles. The average Bonchev–Trinajstić information content (AvgIpc) is 2.77. The Morgan fingerprint density at radius 1 is 0.857 bits per heavy atom. The van der Waals surface area contributed by atoms with E-state index < -0.39 is 5.92 Å². The van der Waals surface area contributed by atoms with Crippen LogP contribution < -0.4 is 4.90 Å². The number of halogens is 1. The molecule has 0 N–H and O–H groups in total. The first kappa shape index (κ1) is 18.2. The standard InChI is InChI=1S/C23H22FN3O/c24-19-11-9-18(10-12-19)22(21-8-4-5-13-25-21)23(28)27-16-14-26(15-17-27)20-6-2-1-3-7-20/h1-13,22H,14-17H2. The third-order valence-electron chi connectivity index (χ3n) is 5.15. The van der Waals surface area contributed by atoms with Gasteiger partial charge in [-0.1, -0.05) is 36.4 Å². The Kier molecular flexibility index (Phi) is 5.33. The number of nitrogens with zero attached hydrogens (tertiary/aromatic N) is 3. The molecule has 1 aliphatic heterocycles. The quantitative estimate of drug-likeness (QED) is 0.698. The van der Waals surface area contributed by atoms with E-state index in [-0.39, 0.29) is 11.7 Å². The van der Waals surface area contributed by atoms with Crippen molar-refractivity contribution in [3.8, 4) is 0 Å². The van der Waals surface area contributed by atoms with Gasteiger partial charge < -0.3 is 9.80 Å². The smallest absolute Gasteiger partial charge is 0.236 e. The monoisotopic (exact) mass is 375 g/mol. The van der Waals surface area contributed by atoms with Gasteiger partial charge in [0.1, 0.15) is 11.7 Å². The number of hydrogen-bond acceptors (Lipinski definition) is 3. The van der Waals surface area contributed by atoms with Crippen molar-refractivity contribution in [2.75, 3.05) is 31.1 Å². The van der Waals surface area contributed by atoms with Crippen molar-refractivity contribution in [1.82, 2.24) is 9.88 Å². The molecule has 1 fully saturated rings. The maximum Gasteiger partial charge on any atom is 0.236 e. The van der Waals surface area contributed by atoms with Crippen molar-refractivity contribution in [1.29, 1.82) is 0 Å². The molecule has 0 spiro atoms. The lowest BCUT2D eigenvalue weighted by Crippen LogP contribution is -2.50. The van der Waals surface area contributed by atoms with Gasteiger partial charge in [-0.3, -0.25) is 9.78 Å². The van der Waals surface area contributed by atoms with Crippen LogP contribution in [0.5, 0.6) is 0 Å². The second kappa shape index (κ2) is 8.21. The van der Waals surface area contributed by atoms with Crippen molar-refractivity contribution < 1.29 is 9.18 Å². The largest absolute Gasteiger partial charge is 0.368 e. The summed E-state index contributed by atoms with van der Waals surface area (Å²) in [6.45, 7) is 2.87. The summed E-state index contributed by atoms with van der Waals surface area (Å²) >= 11 is 0. The number of carbonyl (C=O) groups is 1. The molecule has 1 aliphatic rings. The van der Waals surface area contributed by atoms with Crippen LogP contribution in [0.2, 0.25) is 0 Å². The van der Waals surface area contributed by atoms with Crippen LogP contribution >= 0.6 is 0 Å². The summed E-state index contributed by atoms with van der Waals surface area (Å²) in [7, 11) is 0. The van der Waals surface area contributed by atoms with E-state index in [2.05, 4.69) is 22.0 Å². The van der Waals surface area contributed by atoms with Crippen LogP contribution in [-0.4, -0.2) is 42.0 Å². The molecule has 0 radical (unpaired) electrons. The van der Waals surface area contributed by atoms with E-state index in [9.17, 15) is 9.18 Å². The van der Waals surface area contributed by atoms with Crippen LogP contribution in [0.3, 0.4) is 0 Å². The molecule has 1 unspecified atom stereocenters. The zero-order valence-electron chi connectivity index (χ0n) is 15.5. The summed E-state index contributed by atoms with van der Waals surface area (Å²) in [6.07, 6.45) is 1.69. The van der Waals surface area contributed by atoms with Crippen molar-refractivity contribution in [2.24, 2.45) is 0 Å². The van der Waals surface area contributed by atoms with Crippen molar-refractivity contribution in [2.45, 2.75) is 5.92 Å². The fourth-order valence-electron chi connectivity index (χ4n) is 3.65. The van der Waals surface area contributed by atoms with Crippen molar-refractivity contribution >= 4 is 11.6 Å². The lowest BCUT2D eigenvalue weighted by molar-refractivity contribution is -0.132. The molecule has 4 rings (SSSR count). The van der Waals surface area contributed by atoms with E-state index in [1.165, 1.54) is 17.8 Å². The molecule has 5 heteroatoms. The Hall–Kier alpha value is -3.21. The predicted octanol–water partition coefficient (Wildman–Crippen LogP) is 3.70. The maximum absolute atomic E-state index is 13.4. The molecular formula is C23H22FN3O. The number of amides is 1. The summed E-state index contributed by atoms with van der Waals surface area (Å²) < 4.78 is 13.4. The van der Waals surface area contributed by atoms with E-state index in [1.807, 2.05) is 41.3 Å². The predicted molar refractivity (Wildman–Crippen MR) is 108 cm³/mol. The van der Waals surface area contributed by atoms with E-state index >= 15 is 0 Å². The van der Waals surface area contributed by atoms with Crippen LogP contribution in [0.25, 0.3) is 0 Å². The van der Waals surface area contributed by atoms with Crippen LogP contribution in [0, 0.1) is 5.82 Å². The Balaban J connectivity index is 1.54. The Morgan fingerprint density at radius 2 is 1.54 bits per heavy atom. The number of hydrogen-bond donors (Lipinski definition) is 0. The average molecular weight is 375 g/mol. The van der Waals surface area contributed by atoms with Crippen LogP contribution in [0.1, 0.15) is 17.2 Å². The molecule has 1 atom stereocenters. The Morgan fingerprint density at radius 3 is 2.18 bits per heavy atom. The van der Waals surface area contributed by atoms with Gasteiger partial charge in [-0.2, -0.15) is 0 Å². The molecule has 1 saturated heterocycles. The fraction of sp³-hybridized carbons (Fsp3) is 0.217. The topological polar surface area (TPSA) is 36.4 Å². The lowest BCUT2D eigenvalue weighted by Gasteiger charge is -2.37. The van der Waals surface area contributed by atoms with Gasteiger partial charge in [-0.15, -0.1) is 0 Å². The molecule has 0 bridgehead atoms. The first-order valence-electron chi connectivity index (χ1n) is 9.47. The molecule has 0 saturated carbocycles. The minimum atomic E-state index is -0.523. The molecule has 1 amide bonds. The third-order valence-corrected chi connectivity index (χ3v) is 5.15. The lowest BCUT2D eigenvalue weighted by atomic mass is 9.93. The van der Waals surface area contributed by atoms with Crippen LogP contribution in [0.4, 0.5) is 10.1 Å². The van der Waals surface area contributed by atoms with E-state index in [0.717, 1.165) is 18.7 Å². The first-order valence-corrected chi connectivity index (χ1v) is 9.47. The summed E-state index contributed by atoms with van der Waals surface area (Å²) in [6, 6.07) is 21.9. The van der Waals surface area contributed by atoms with Gasteiger partial charge >= 0.3 is 0 Å². The molecule has 3 aromatic rings. The minimum Gasteiger partial charge on any atom is -0.368 e. The summed E-state index contributed by atoms with van der Waals surface area (Å²) in [5, 5.41) is 0. The molecule has 4 nitrogen and oxygen atoms in total.